The zero-order valence-corrected chi connectivity index (χ0v) is 13.5. The van der Waals surface area contributed by atoms with Crippen LogP contribution in [0.1, 0.15) is 20.3 Å². The molecule has 23 heavy (non-hydrogen) atoms. The van der Waals surface area contributed by atoms with Crippen molar-refractivity contribution in [1.29, 1.82) is 0 Å². The lowest BCUT2D eigenvalue weighted by Crippen LogP contribution is -2.32. The van der Waals surface area contributed by atoms with Crippen LogP contribution in [0.3, 0.4) is 0 Å². The Kier molecular flexibility index (Phi) is 6.26. The van der Waals surface area contributed by atoms with E-state index in [0.29, 0.717) is 31.4 Å². The smallest absolute Gasteiger partial charge is 0.309 e. The van der Waals surface area contributed by atoms with Crippen LogP contribution in [0.4, 0.5) is 0 Å². The van der Waals surface area contributed by atoms with Gasteiger partial charge in [0.2, 0.25) is 0 Å². The summed E-state index contributed by atoms with van der Waals surface area (Å²) in [6.45, 7) is 5.00. The molecule has 0 aromatic heterocycles. The van der Waals surface area contributed by atoms with Crippen LogP contribution in [0.5, 0.6) is 11.5 Å². The first-order chi connectivity index (χ1) is 11.1. The van der Waals surface area contributed by atoms with Gasteiger partial charge >= 0.3 is 5.97 Å². The summed E-state index contributed by atoms with van der Waals surface area (Å²) in [7, 11) is 0. The number of esters is 1. The molecular formula is C17H23NO5. The zero-order valence-electron chi connectivity index (χ0n) is 13.5. The van der Waals surface area contributed by atoms with Crippen molar-refractivity contribution in [2.75, 3.05) is 26.4 Å². The van der Waals surface area contributed by atoms with Gasteiger partial charge in [-0.3, -0.25) is 9.59 Å². The quantitative estimate of drug-likeness (QED) is 0.554. The number of benzene rings is 1. The van der Waals surface area contributed by atoms with Gasteiger partial charge in [-0.1, -0.05) is 6.92 Å². The van der Waals surface area contributed by atoms with Crippen molar-refractivity contribution < 1.29 is 23.8 Å². The average molecular weight is 321 g/mol. The molecule has 0 radical (unpaired) electrons. The third-order valence-corrected chi connectivity index (χ3v) is 3.59. The minimum atomic E-state index is -0.318. The third kappa shape index (κ3) is 5.81. The number of amides is 1. The fourth-order valence-corrected chi connectivity index (χ4v) is 2.10. The van der Waals surface area contributed by atoms with Crippen LogP contribution in [-0.4, -0.2) is 38.2 Å². The predicted octanol–water partition coefficient (Wildman–Crippen LogP) is 1.78. The molecule has 0 aliphatic heterocycles. The molecule has 1 aromatic carbocycles. The van der Waals surface area contributed by atoms with Crippen molar-refractivity contribution >= 4 is 11.9 Å². The molecule has 2 atom stereocenters. The van der Waals surface area contributed by atoms with E-state index in [1.807, 2.05) is 38.1 Å². The topological polar surface area (TPSA) is 73.9 Å². The minimum absolute atomic E-state index is 0.0224. The largest absolute Gasteiger partial charge is 0.494 e. The predicted molar refractivity (Wildman–Crippen MR) is 84.3 cm³/mol. The molecule has 0 spiro atoms. The second-order valence-electron chi connectivity index (χ2n) is 5.53. The highest BCUT2D eigenvalue weighted by Crippen LogP contribution is 2.38. The van der Waals surface area contributed by atoms with Gasteiger partial charge < -0.3 is 19.5 Å². The summed E-state index contributed by atoms with van der Waals surface area (Å²) in [5, 5.41) is 2.64. The number of nitrogens with one attached hydrogen (secondary N) is 1. The molecule has 1 amide bonds. The number of hydrogen-bond donors (Lipinski definition) is 1. The minimum Gasteiger partial charge on any atom is -0.494 e. The maximum absolute atomic E-state index is 11.5. The molecular weight excluding hydrogens is 298 g/mol. The molecule has 1 saturated carbocycles. The molecule has 1 aliphatic rings. The number of carbonyl (C=O) groups excluding carboxylic acids is 2. The molecule has 0 unspecified atom stereocenters. The standard InChI is InChI=1S/C17H23NO5/c1-3-21-13-4-6-14(7-5-13)22-9-8-18-16(19)11-23-17(20)15-10-12(15)2/h4-7,12,15H,3,8-11H2,1-2H3,(H,18,19)/t12-,15+/m0/s1. The second kappa shape index (κ2) is 8.41. The number of hydrogen-bond acceptors (Lipinski definition) is 5. The van der Waals surface area contributed by atoms with Crippen LogP contribution < -0.4 is 14.8 Å². The molecule has 2 rings (SSSR count). The Balaban J connectivity index is 1.55. The van der Waals surface area contributed by atoms with Crippen molar-refractivity contribution in [2.45, 2.75) is 20.3 Å². The molecule has 0 saturated heterocycles. The molecule has 6 heteroatoms. The van der Waals surface area contributed by atoms with E-state index in [-0.39, 0.29) is 24.4 Å². The van der Waals surface area contributed by atoms with Crippen LogP contribution in [0.2, 0.25) is 0 Å². The van der Waals surface area contributed by atoms with Gasteiger partial charge in [-0.25, -0.2) is 0 Å². The Labute approximate surface area is 136 Å². The van der Waals surface area contributed by atoms with Crippen molar-refractivity contribution in [3.63, 3.8) is 0 Å². The molecule has 126 valence electrons. The number of ether oxygens (including phenoxy) is 3. The highest BCUT2D eigenvalue weighted by atomic mass is 16.5. The second-order valence-corrected chi connectivity index (χ2v) is 5.53. The van der Waals surface area contributed by atoms with Crippen LogP contribution in [0.25, 0.3) is 0 Å². The number of carbonyl (C=O) groups is 2. The van der Waals surface area contributed by atoms with E-state index in [9.17, 15) is 9.59 Å². The molecule has 1 aliphatic carbocycles. The highest BCUT2D eigenvalue weighted by molar-refractivity contribution is 5.82. The van der Waals surface area contributed by atoms with E-state index < -0.39 is 0 Å². The summed E-state index contributed by atoms with van der Waals surface area (Å²) in [6, 6.07) is 7.28. The monoisotopic (exact) mass is 321 g/mol. The lowest BCUT2D eigenvalue weighted by atomic mass is 10.3. The highest BCUT2D eigenvalue weighted by Gasteiger charge is 2.40. The van der Waals surface area contributed by atoms with Gasteiger partial charge in [-0.05, 0) is 43.5 Å². The van der Waals surface area contributed by atoms with Gasteiger partial charge in [-0.2, -0.15) is 0 Å². The molecule has 1 N–H and O–H groups in total. The summed E-state index contributed by atoms with van der Waals surface area (Å²) < 4.78 is 15.8. The Morgan fingerprint density at radius 2 is 1.78 bits per heavy atom. The Bertz CT molecular complexity index is 528. The fraction of sp³-hybridized carbons (Fsp3) is 0.529. The molecule has 6 nitrogen and oxygen atoms in total. The Morgan fingerprint density at radius 3 is 2.35 bits per heavy atom. The number of rotatable bonds is 9. The first kappa shape index (κ1) is 17.1. The lowest BCUT2D eigenvalue weighted by Gasteiger charge is -2.09. The maximum atomic E-state index is 11.5. The molecule has 1 aromatic rings. The third-order valence-electron chi connectivity index (χ3n) is 3.59. The molecule has 1 fully saturated rings. The van der Waals surface area contributed by atoms with E-state index in [0.717, 1.165) is 12.2 Å². The summed E-state index contributed by atoms with van der Waals surface area (Å²) in [5.74, 6) is 1.26. The Hall–Kier alpha value is -2.24. The van der Waals surface area contributed by atoms with Gasteiger partial charge in [-0.15, -0.1) is 0 Å². The van der Waals surface area contributed by atoms with E-state index in [1.54, 1.807) is 0 Å². The van der Waals surface area contributed by atoms with Gasteiger partial charge in [0.05, 0.1) is 19.1 Å². The van der Waals surface area contributed by atoms with Crippen molar-refractivity contribution in [2.24, 2.45) is 11.8 Å². The van der Waals surface area contributed by atoms with E-state index in [1.165, 1.54) is 0 Å². The fourth-order valence-electron chi connectivity index (χ4n) is 2.10. The van der Waals surface area contributed by atoms with Crippen LogP contribution in [0, 0.1) is 11.8 Å². The average Bonchev–Trinajstić information content (AvgIpc) is 3.28. The summed E-state index contributed by atoms with van der Waals surface area (Å²) in [5.41, 5.74) is 0. The lowest BCUT2D eigenvalue weighted by molar-refractivity contribution is -0.150. The van der Waals surface area contributed by atoms with Crippen LogP contribution in [-0.2, 0) is 14.3 Å². The summed E-state index contributed by atoms with van der Waals surface area (Å²) in [6.07, 6.45) is 0.858. The van der Waals surface area contributed by atoms with E-state index >= 15 is 0 Å². The van der Waals surface area contributed by atoms with E-state index in [2.05, 4.69) is 5.32 Å². The van der Waals surface area contributed by atoms with Crippen LogP contribution >= 0.6 is 0 Å². The Morgan fingerprint density at radius 1 is 1.17 bits per heavy atom. The normalized spacial score (nSPS) is 18.9. The molecule has 0 bridgehead atoms. The van der Waals surface area contributed by atoms with Gasteiger partial charge in [0.1, 0.15) is 18.1 Å². The van der Waals surface area contributed by atoms with E-state index in [4.69, 9.17) is 14.2 Å². The SMILES string of the molecule is CCOc1ccc(OCCNC(=O)COC(=O)[C@@H]2C[C@@H]2C)cc1. The van der Waals surface area contributed by atoms with Crippen LogP contribution in [0.15, 0.2) is 24.3 Å². The van der Waals surface area contributed by atoms with Gasteiger partial charge in [0.15, 0.2) is 6.61 Å². The van der Waals surface area contributed by atoms with Gasteiger partial charge in [0, 0.05) is 0 Å². The maximum Gasteiger partial charge on any atom is 0.309 e. The molecule has 0 heterocycles. The van der Waals surface area contributed by atoms with Crippen molar-refractivity contribution in [1.82, 2.24) is 5.32 Å². The van der Waals surface area contributed by atoms with Crippen molar-refractivity contribution in [3.05, 3.63) is 24.3 Å². The summed E-state index contributed by atoms with van der Waals surface area (Å²) >= 11 is 0. The van der Waals surface area contributed by atoms with Crippen molar-refractivity contribution in [3.8, 4) is 11.5 Å². The first-order valence-electron chi connectivity index (χ1n) is 7.89. The zero-order chi connectivity index (χ0) is 16.7. The summed E-state index contributed by atoms with van der Waals surface area (Å²) in [4.78, 5) is 23.0. The first-order valence-corrected chi connectivity index (χ1v) is 7.89. The van der Waals surface area contributed by atoms with Gasteiger partial charge in [0.25, 0.3) is 5.91 Å².